The van der Waals surface area contributed by atoms with Crippen molar-refractivity contribution in [2.75, 3.05) is 25.5 Å². The Morgan fingerprint density at radius 1 is 1.42 bits per heavy atom. The fourth-order valence-electron chi connectivity index (χ4n) is 2.18. The quantitative estimate of drug-likeness (QED) is 0.837. The summed E-state index contributed by atoms with van der Waals surface area (Å²) in [7, 11) is 0. The molecule has 4 nitrogen and oxygen atoms in total. The Labute approximate surface area is 118 Å². The van der Waals surface area contributed by atoms with Crippen molar-refractivity contribution in [3.05, 3.63) is 28.8 Å². The number of benzene rings is 1. The fraction of sp³-hybridized carbons (Fsp3) is 0.500. The van der Waals surface area contributed by atoms with E-state index in [0.29, 0.717) is 22.8 Å². The van der Waals surface area contributed by atoms with Crippen LogP contribution in [0.15, 0.2) is 18.2 Å². The van der Waals surface area contributed by atoms with Gasteiger partial charge in [-0.2, -0.15) is 0 Å². The molecular formula is C14H19ClN2O2. The van der Waals surface area contributed by atoms with Gasteiger partial charge in [-0.15, -0.1) is 0 Å². The molecule has 0 unspecified atom stereocenters. The molecule has 19 heavy (non-hydrogen) atoms. The van der Waals surface area contributed by atoms with Gasteiger partial charge in [-0.1, -0.05) is 18.5 Å². The number of nitrogen functional groups attached to an aromatic ring is 1. The van der Waals surface area contributed by atoms with E-state index < -0.39 is 0 Å². The number of rotatable bonds is 3. The minimum Gasteiger partial charge on any atom is -0.399 e. The molecular weight excluding hydrogens is 264 g/mol. The lowest BCUT2D eigenvalue weighted by molar-refractivity contribution is 0.0238. The van der Waals surface area contributed by atoms with E-state index in [9.17, 15) is 4.79 Å². The van der Waals surface area contributed by atoms with Crippen LogP contribution in [0.4, 0.5) is 5.69 Å². The molecule has 1 fully saturated rings. The number of nitrogens with two attached hydrogens (primary N) is 1. The highest BCUT2D eigenvalue weighted by molar-refractivity contribution is 6.31. The highest BCUT2D eigenvalue weighted by Gasteiger charge is 2.27. The molecule has 0 aliphatic carbocycles. The highest BCUT2D eigenvalue weighted by Crippen LogP contribution is 2.28. The second-order valence-corrected chi connectivity index (χ2v) is 5.82. The first-order valence-corrected chi connectivity index (χ1v) is 6.78. The number of hydrogen-bond acceptors (Lipinski definition) is 3. The molecule has 1 aromatic carbocycles. The lowest BCUT2D eigenvalue weighted by Crippen LogP contribution is -2.39. The maximum absolute atomic E-state index is 12.1. The van der Waals surface area contributed by atoms with Gasteiger partial charge in [-0.3, -0.25) is 4.79 Å². The van der Waals surface area contributed by atoms with Crippen LogP contribution in [0.1, 0.15) is 30.1 Å². The summed E-state index contributed by atoms with van der Waals surface area (Å²) in [5.41, 5.74) is 6.79. The number of hydrogen-bond donors (Lipinski definition) is 2. The third kappa shape index (κ3) is 3.85. The van der Waals surface area contributed by atoms with Gasteiger partial charge in [-0.05, 0) is 36.5 Å². The molecule has 3 N–H and O–H groups in total. The summed E-state index contributed by atoms with van der Waals surface area (Å²) in [6, 6.07) is 4.88. The Morgan fingerprint density at radius 3 is 2.74 bits per heavy atom. The van der Waals surface area contributed by atoms with Crippen LogP contribution in [-0.2, 0) is 4.74 Å². The van der Waals surface area contributed by atoms with Crippen molar-refractivity contribution in [1.29, 1.82) is 0 Å². The van der Waals surface area contributed by atoms with E-state index in [-0.39, 0.29) is 11.3 Å². The number of carbonyl (C=O) groups excluding carboxylic acids is 1. The van der Waals surface area contributed by atoms with Gasteiger partial charge in [0.25, 0.3) is 5.91 Å². The lowest BCUT2D eigenvalue weighted by atomic mass is 9.82. The molecule has 0 atom stereocenters. The second kappa shape index (κ2) is 5.80. The first-order valence-electron chi connectivity index (χ1n) is 6.41. The van der Waals surface area contributed by atoms with E-state index in [2.05, 4.69) is 12.2 Å². The van der Waals surface area contributed by atoms with Gasteiger partial charge >= 0.3 is 0 Å². The molecule has 0 bridgehead atoms. The monoisotopic (exact) mass is 282 g/mol. The van der Waals surface area contributed by atoms with Crippen LogP contribution in [0.5, 0.6) is 0 Å². The van der Waals surface area contributed by atoms with Gasteiger partial charge in [0.05, 0.1) is 0 Å². The Balaban J connectivity index is 1.97. The van der Waals surface area contributed by atoms with Crippen LogP contribution in [-0.4, -0.2) is 25.7 Å². The third-order valence-corrected chi connectivity index (χ3v) is 3.78. The molecule has 0 spiro atoms. The second-order valence-electron chi connectivity index (χ2n) is 5.38. The molecule has 1 heterocycles. The van der Waals surface area contributed by atoms with Crippen molar-refractivity contribution in [2.45, 2.75) is 19.8 Å². The number of carbonyl (C=O) groups is 1. The molecule has 5 heteroatoms. The molecule has 1 saturated heterocycles. The van der Waals surface area contributed by atoms with E-state index in [0.717, 1.165) is 26.1 Å². The fourth-order valence-corrected chi connectivity index (χ4v) is 2.42. The smallest absolute Gasteiger partial charge is 0.251 e. The molecule has 1 aromatic rings. The van der Waals surface area contributed by atoms with Crippen LogP contribution in [0.3, 0.4) is 0 Å². The molecule has 0 radical (unpaired) electrons. The van der Waals surface area contributed by atoms with Gasteiger partial charge in [0.2, 0.25) is 0 Å². The van der Waals surface area contributed by atoms with Crippen LogP contribution in [0, 0.1) is 5.41 Å². The predicted octanol–water partition coefficient (Wildman–Crippen LogP) is 2.47. The van der Waals surface area contributed by atoms with Gasteiger partial charge in [0.1, 0.15) is 0 Å². The number of ether oxygens (including phenoxy) is 1. The Morgan fingerprint density at radius 2 is 2.11 bits per heavy atom. The van der Waals surface area contributed by atoms with E-state index in [4.69, 9.17) is 22.1 Å². The SMILES string of the molecule is CC1(CNC(=O)c2cc(N)cc(Cl)c2)CCOCC1. The summed E-state index contributed by atoms with van der Waals surface area (Å²) >= 11 is 5.89. The number of anilines is 1. The highest BCUT2D eigenvalue weighted by atomic mass is 35.5. The topological polar surface area (TPSA) is 64.4 Å². The van der Waals surface area contributed by atoms with Crippen LogP contribution in [0.2, 0.25) is 5.02 Å². The Bertz CT molecular complexity index is 450. The van der Waals surface area contributed by atoms with E-state index in [1.807, 2.05) is 0 Å². The Hall–Kier alpha value is -1.26. The summed E-state index contributed by atoms with van der Waals surface area (Å²) in [5.74, 6) is -0.137. The van der Waals surface area contributed by atoms with Crippen LogP contribution in [0.25, 0.3) is 0 Å². The summed E-state index contributed by atoms with van der Waals surface area (Å²) in [6.45, 7) is 4.33. The number of nitrogens with one attached hydrogen (secondary N) is 1. The molecule has 104 valence electrons. The van der Waals surface area contributed by atoms with Crippen molar-refractivity contribution in [2.24, 2.45) is 5.41 Å². The minimum absolute atomic E-state index is 0.109. The van der Waals surface area contributed by atoms with Crippen LogP contribution < -0.4 is 11.1 Å². The summed E-state index contributed by atoms with van der Waals surface area (Å²) in [6.07, 6.45) is 1.93. The zero-order valence-electron chi connectivity index (χ0n) is 11.0. The summed E-state index contributed by atoms with van der Waals surface area (Å²) < 4.78 is 5.34. The van der Waals surface area contributed by atoms with Gasteiger partial charge in [0.15, 0.2) is 0 Å². The molecule has 0 aromatic heterocycles. The molecule has 1 aliphatic heterocycles. The maximum Gasteiger partial charge on any atom is 0.251 e. The Kier molecular flexibility index (Phi) is 4.32. The van der Waals surface area contributed by atoms with Crippen molar-refractivity contribution >= 4 is 23.2 Å². The van der Waals surface area contributed by atoms with Gasteiger partial charge in [0, 0.05) is 36.0 Å². The molecule has 1 amide bonds. The standard InChI is InChI=1S/C14H19ClN2O2/c1-14(2-4-19-5-3-14)9-17-13(18)10-6-11(15)8-12(16)7-10/h6-8H,2-5,9,16H2,1H3,(H,17,18). The van der Waals surface area contributed by atoms with Crippen molar-refractivity contribution in [3.63, 3.8) is 0 Å². The average molecular weight is 283 g/mol. The molecule has 0 saturated carbocycles. The van der Waals surface area contributed by atoms with Crippen molar-refractivity contribution < 1.29 is 9.53 Å². The first kappa shape index (κ1) is 14.2. The van der Waals surface area contributed by atoms with E-state index in [1.54, 1.807) is 18.2 Å². The average Bonchev–Trinajstić information content (AvgIpc) is 2.36. The normalized spacial score (nSPS) is 18.0. The minimum atomic E-state index is -0.137. The predicted molar refractivity (Wildman–Crippen MR) is 76.4 cm³/mol. The summed E-state index contributed by atoms with van der Waals surface area (Å²) in [4.78, 5) is 12.1. The van der Waals surface area contributed by atoms with Crippen LogP contribution >= 0.6 is 11.6 Å². The number of halogens is 1. The maximum atomic E-state index is 12.1. The molecule has 1 aliphatic rings. The number of amides is 1. The van der Waals surface area contributed by atoms with Gasteiger partial charge in [-0.25, -0.2) is 0 Å². The lowest BCUT2D eigenvalue weighted by Gasteiger charge is -2.33. The summed E-state index contributed by atoms with van der Waals surface area (Å²) in [5, 5.41) is 3.43. The third-order valence-electron chi connectivity index (χ3n) is 3.56. The molecule has 2 rings (SSSR count). The van der Waals surface area contributed by atoms with E-state index >= 15 is 0 Å². The van der Waals surface area contributed by atoms with Crippen molar-refractivity contribution in [3.8, 4) is 0 Å². The first-order chi connectivity index (χ1) is 8.98. The van der Waals surface area contributed by atoms with Gasteiger partial charge < -0.3 is 15.8 Å². The van der Waals surface area contributed by atoms with E-state index in [1.165, 1.54) is 0 Å². The largest absolute Gasteiger partial charge is 0.399 e. The zero-order valence-corrected chi connectivity index (χ0v) is 11.8. The van der Waals surface area contributed by atoms with Crippen molar-refractivity contribution in [1.82, 2.24) is 5.32 Å². The zero-order chi connectivity index (χ0) is 13.9.